The van der Waals surface area contributed by atoms with E-state index in [2.05, 4.69) is 9.05 Å². The van der Waals surface area contributed by atoms with Crippen LogP contribution in [0, 0.1) is 0 Å². The lowest BCUT2D eigenvalue weighted by Crippen LogP contribution is -2.19. The van der Waals surface area contributed by atoms with E-state index >= 15 is 0 Å². The number of ketones is 2. The molecule has 2 unspecified atom stereocenters. The Bertz CT molecular complexity index is 507. The van der Waals surface area contributed by atoms with Gasteiger partial charge in [-0.15, -0.1) is 0 Å². The molecule has 0 aliphatic rings. The molecule has 0 aliphatic carbocycles. The zero-order valence-electron chi connectivity index (χ0n) is 15.0. The summed E-state index contributed by atoms with van der Waals surface area (Å²) in [5.41, 5.74) is 9.66. The molecule has 0 aromatic rings. The molecule has 0 aromatic heterocycles. The maximum absolute atomic E-state index is 11.8. The number of hydrogen-bond acceptors (Lipinski definition) is 6. The summed E-state index contributed by atoms with van der Waals surface area (Å²) in [4.78, 5) is 41.3. The van der Waals surface area contributed by atoms with Crippen molar-refractivity contribution in [1.82, 2.24) is 0 Å². The number of nitrogens with two attached hydrogens (primary N) is 2. The van der Waals surface area contributed by atoms with Crippen molar-refractivity contribution in [3.63, 3.8) is 0 Å². The van der Waals surface area contributed by atoms with Crippen LogP contribution in [0.1, 0.15) is 71.1 Å². The quantitative estimate of drug-likeness (QED) is 0.166. The molecule has 0 bridgehead atoms. The third-order valence-corrected chi connectivity index (χ3v) is 4.50. The van der Waals surface area contributed by atoms with Crippen molar-refractivity contribution in [2.24, 2.45) is 11.0 Å². The smallest absolute Gasteiger partial charge is 0.313 e. The van der Waals surface area contributed by atoms with Gasteiger partial charge in [0.25, 0.3) is 0 Å². The lowest BCUT2D eigenvalue weighted by Gasteiger charge is -2.20. The molecule has 12 heteroatoms. The van der Waals surface area contributed by atoms with E-state index in [0.717, 1.165) is 19.3 Å². The van der Waals surface area contributed by atoms with Crippen molar-refractivity contribution in [3.8, 4) is 0 Å². The summed E-state index contributed by atoms with van der Waals surface area (Å²) < 4.78 is 31.0. The van der Waals surface area contributed by atoms with Crippen molar-refractivity contribution < 1.29 is 37.6 Å². The molecule has 0 aliphatic heterocycles. The van der Waals surface area contributed by atoms with Gasteiger partial charge in [-0.2, -0.15) is 0 Å². The van der Waals surface area contributed by atoms with Gasteiger partial charge in [0, 0.05) is 25.7 Å². The summed E-state index contributed by atoms with van der Waals surface area (Å²) in [5, 5.41) is 0. The first-order valence-electron chi connectivity index (χ1n) is 8.56. The average molecular weight is 416 g/mol. The Labute approximate surface area is 153 Å². The first-order chi connectivity index (χ1) is 11.9. The van der Waals surface area contributed by atoms with Crippen LogP contribution in [0.2, 0.25) is 0 Å². The Kier molecular flexibility index (Phi) is 12.6. The Morgan fingerprint density at radius 1 is 0.846 bits per heavy atom. The molecule has 26 heavy (non-hydrogen) atoms. The maximum atomic E-state index is 11.8. The van der Waals surface area contributed by atoms with Gasteiger partial charge < -0.3 is 9.79 Å². The number of rotatable bonds is 16. The summed E-state index contributed by atoms with van der Waals surface area (Å²) in [7, 11) is -8.85. The third-order valence-electron chi connectivity index (χ3n) is 3.42. The van der Waals surface area contributed by atoms with Crippen LogP contribution in [-0.4, -0.2) is 27.6 Å². The highest BCUT2D eigenvalue weighted by atomic mass is 31.2. The second-order valence-electron chi connectivity index (χ2n) is 6.05. The SMILES string of the molecule is CCCCCC(=O)CCC(=O)CCCCC(OP(N)(=O)O)OP(N)(=O)O. The third kappa shape index (κ3) is 17.0. The molecule has 154 valence electrons. The van der Waals surface area contributed by atoms with Crippen LogP contribution in [0.25, 0.3) is 0 Å². The highest BCUT2D eigenvalue weighted by Crippen LogP contribution is 2.41. The maximum Gasteiger partial charge on any atom is 0.402 e. The average Bonchev–Trinajstić information content (AvgIpc) is 2.46. The number of unbranched alkanes of at least 4 members (excludes halogenated alkanes) is 3. The number of hydrogen-bond donors (Lipinski definition) is 4. The van der Waals surface area contributed by atoms with Crippen molar-refractivity contribution in [2.75, 3.05) is 0 Å². The molecule has 0 rings (SSSR count). The van der Waals surface area contributed by atoms with E-state index in [9.17, 15) is 18.7 Å². The fourth-order valence-electron chi connectivity index (χ4n) is 2.20. The lowest BCUT2D eigenvalue weighted by atomic mass is 10.0. The summed E-state index contributed by atoms with van der Waals surface area (Å²) in [6, 6.07) is 0. The van der Waals surface area contributed by atoms with Crippen LogP contribution in [0.4, 0.5) is 0 Å². The van der Waals surface area contributed by atoms with E-state index in [0.29, 0.717) is 19.3 Å². The van der Waals surface area contributed by atoms with E-state index in [-0.39, 0.29) is 37.2 Å². The van der Waals surface area contributed by atoms with Crippen LogP contribution in [0.3, 0.4) is 0 Å². The predicted octanol–water partition coefficient (Wildman–Crippen LogP) is 2.52. The molecule has 10 nitrogen and oxygen atoms in total. The standard InChI is InChI=1S/C14H30N2O8P2/c1-2-3-4-7-12(17)10-11-13(18)8-5-6-9-14(23-25(15,19)20)24-26(16,21)22/h14H,2-11H2,1H3,(H3,15,19,20)(H3,16,21,22). The minimum absolute atomic E-state index is 0.0489. The molecular weight excluding hydrogens is 386 g/mol. The molecule has 0 radical (unpaired) electrons. The van der Waals surface area contributed by atoms with Crippen molar-refractivity contribution in [3.05, 3.63) is 0 Å². The van der Waals surface area contributed by atoms with Crippen molar-refractivity contribution in [1.29, 1.82) is 0 Å². The second-order valence-corrected chi connectivity index (χ2v) is 8.73. The molecule has 2 atom stereocenters. The van der Waals surface area contributed by atoms with Gasteiger partial charge in [-0.3, -0.25) is 18.6 Å². The van der Waals surface area contributed by atoms with Gasteiger partial charge in [-0.25, -0.2) is 20.1 Å². The molecule has 0 aromatic carbocycles. The van der Waals surface area contributed by atoms with Gasteiger partial charge in [-0.05, 0) is 25.7 Å². The van der Waals surface area contributed by atoms with E-state index in [1.807, 2.05) is 6.92 Å². The monoisotopic (exact) mass is 416 g/mol. The second kappa shape index (κ2) is 12.9. The van der Waals surface area contributed by atoms with E-state index in [1.165, 1.54) is 0 Å². The van der Waals surface area contributed by atoms with Crippen LogP contribution < -0.4 is 11.0 Å². The zero-order chi connectivity index (χ0) is 20.2. The molecular formula is C14H30N2O8P2. The molecule has 0 amide bonds. The Hall–Kier alpha value is -0.440. The zero-order valence-corrected chi connectivity index (χ0v) is 16.8. The summed E-state index contributed by atoms with van der Waals surface area (Å²) in [6.45, 7) is 2.05. The van der Waals surface area contributed by atoms with Crippen LogP contribution in [0.5, 0.6) is 0 Å². The van der Waals surface area contributed by atoms with Crippen LogP contribution in [0.15, 0.2) is 0 Å². The Morgan fingerprint density at radius 3 is 1.65 bits per heavy atom. The van der Waals surface area contributed by atoms with Gasteiger partial charge in [0.1, 0.15) is 11.6 Å². The molecule has 0 saturated carbocycles. The summed E-state index contributed by atoms with van der Waals surface area (Å²) in [6.07, 6.45) is 3.13. The number of carbonyl (C=O) groups excluding carboxylic acids is 2. The van der Waals surface area contributed by atoms with Gasteiger partial charge >= 0.3 is 15.5 Å². The number of Topliss-reactive ketones (excluding diaryl/α,β-unsaturated/α-hetero) is 2. The highest BCUT2D eigenvalue weighted by Gasteiger charge is 2.26. The minimum Gasteiger partial charge on any atom is -0.313 e. The lowest BCUT2D eigenvalue weighted by molar-refractivity contribution is -0.124. The normalized spacial score (nSPS) is 17.3. The first-order valence-corrected chi connectivity index (χ1v) is 11.8. The Morgan fingerprint density at radius 2 is 1.27 bits per heavy atom. The molecule has 0 saturated heterocycles. The largest absolute Gasteiger partial charge is 0.402 e. The van der Waals surface area contributed by atoms with Crippen LogP contribution in [-0.2, 0) is 27.8 Å². The number of carbonyl (C=O) groups is 2. The van der Waals surface area contributed by atoms with Crippen molar-refractivity contribution >= 4 is 27.1 Å². The summed E-state index contributed by atoms with van der Waals surface area (Å²) in [5.74, 6) is 0.0162. The van der Waals surface area contributed by atoms with Gasteiger partial charge in [0.05, 0.1) is 0 Å². The summed E-state index contributed by atoms with van der Waals surface area (Å²) >= 11 is 0. The molecule has 0 fully saturated rings. The van der Waals surface area contributed by atoms with E-state index < -0.39 is 21.8 Å². The Balaban J connectivity index is 4.07. The first kappa shape index (κ1) is 25.6. The molecule has 6 N–H and O–H groups in total. The highest BCUT2D eigenvalue weighted by molar-refractivity contribution is 7.50. The van der Waals surface area contributed by atoms with Gasteiger partial charge in [0.15, 0.2) is 6.29 Å². The van der Waals surface area contributed by atoms with E-state index in [1.54, 1.807) is 0 Å². The fourth-order valence-corrected chi connectivity index (χ4v) is 3.23. The van der Waals surface area contributed by atoms with Crippen molar-refractivity contribution in [2.45, 2.75) is 77.4 Å². The van der Waals surface area contributed by atoms with Gasteiger partial charge in [-0.1, -0.05) is 19.8 Å². The van der Waals surface area contributed by atoms with E-state index in [4.69, 9.17) is 20.8 Å². The topological polar surface area (TPSA) is 179 Å². The van der Waals surface area contributed by atoms with Crippen LogP contribution >= 0.6 is 15.5 Å². The van der Waals surface area contributed by atoms with Gasteiger partial charge in [0.2, 0.25) is 0 Å². The fraction of sp³-hybridized carbons (Fsp3) is 0.857. The minimum atomic E-state index is -4.43. The molecule has 0 spiro atoms. The molecule has 0 heterocycles. The predicted molar refractivity (Wildman–Crippen MR) is 95.8 cm³/mol.